The molecule has 2 rings (SSSR count). The Hall–Kier alpha value is -1.69. The zero-order valence-electron chi connectivity index (χ0n) is 10.3. The number of anilines is 1. The summed E-state index contributed by atoms with van der Waals surface area (Å²) in [5, 5.41) is 14.1. The molecule has 2 heterocycles. The average molecular weight is 251 g/mol. The van der Waals surface area contributed by atoms with Gasteiger partial charge in [0.2, 0.25) is 0 Å². The molecule has 1 aliphatic heterocycles. The van der Waals surface area contributed by atoms with Crippen LogP contribution in [0.25, 0.3) is 0 Å². The van der Waals surface area contributed by atoms with Gasteiger partial charge in [0.05, 0.1) is 0 Å². The van der Waals surface area contributed by atoms with E-state index in [2.05, 4.69) is 10.3 Å². The van der Waals surface area contributed by atoms with E-state index in [1.807, 2.05) is 6.92 Å². The van der Waals surface area contributed by atoms with Crippen molar-refractivity contribution in [2.24, 2.45) is 5.92 Å². The SMILES string of the molecule is CC(Nc1cccnc1[N+](=O)[O-])C1CCOCC1. The lowest BCUT2D eigenvalue weighted by molar-refractivity contribution is -0.388. The van der Waals surface area contributed by atoms with Gasteiger partial charge in [-0.25, -0.2) is 0 Å². The molecule has 1 aromatic heterocycles. The number of nitro groups is 1. The first-order chi connectivity index (χ1) is 8.68. The summed E-state index contributed by atoms with van der Waals surface area (Å²) in [6.45, 7) is 3.59. The van der Waals surface area contributed by atoms with Crippen LogP contribution in [0, 0.1) is 16.0 Å². The molecule has 6 heteroatoms. The minimum atomic E-state index is -0.459. The first-order valence-electron chi connectivity index (χ1n) is 6.12. The van der Waals surface area contributed by atoms with Crippen molar-refractivity contribution >= 4 is 11.5 Å². The Morgan fingerprint density at radius 2 is 2.28 bits per heavy atom. The highest BCUT2D eigenvalue weighted by molar-refractivity contribution is 5.57. The molecule has 98 valence electrons. The standard InChI is InChI=1S/C12H17N3O3/c1-9(10-4-7-18-8-5-10)14-11-3-2-6-13-12(11)15(16)17/h2-3,6,9-10,14H,4-5,7-8H2,1H3. The fraction of sp³-hybridized carbons (Fsp3) is 0.583. The highest BCUT2D eigenvalue weighted by atomic mass is 16.6. The number of aromatic nitrogens is 1. The normalized spacial score (nSPS) is 18.3. The van der Waals surface area contributed by atoms with E-state index in [0.717, 1.165) is 26.1 Å². The highest BCUT2D eigenvalue weighted by Crippen LogP contribution is 2.25. The lowest BCUT2D eigenvalue weighted by atomic mass is 9.93. The van der Waals surface area contributed by atoms with Crippen molar-refractivity contribution in [3.8, 4) is 0 Å². The molecular formula is C12H17N3O3. The third-order valence-corrected chi connectivity index (χ3v) is 3.32. The average Bonchev–Trinajstić information content (AvgIpc) is 2.40. The topological polar surface area (TPSA) is 77.3 Å². The Morgan fingerprint density at radius 3 is 2.94 bits per heavy atom. The molecule has 0 aromatic carbocycles. The van der Waals surface area contributed by atoms with Crippen molar-refractivity contribution in [3.05, 3.63) is 28.4 Å². The molecule has 0 amide bonds. The quantitative estimate of drug-likeness (QED) is 0.655. The lowest BCUT2D eigenvalue weighted by Gasteiger charge is -2.28. The summed E-state index contributed by atoms with van der Waals surface area (Å²) < 4.78 is 5.31. The van der Waals surface area contributed by atoms with E-state index < -0.39 is 4.92 Å². The lowest BCUT2D eigenvalue weighted by Crippen LogP contribution is -2.31. The van der Waals surface area contributed by atoms with E-state index in [1.165, 1.54) is 6.20 Å². The largest absolute Gasteiger partial charge is 0.386 e. The molecule has 0 radical (unpaired) electrons. The number of ether oxygens (including phenoxy) is 1. The predicted octanol–water partition coefficient (Wildman–Crippen LogP) is 2.22. The molecule has 0 aliphatic carbocycles. The first kappa shape index (κ1) is 12.8. The molecule has 18 heavy (non-hydrogen) atoms. The first-order valence-corrected chi connectivity index (χ1v) is 6.12. The zero-order chi connectivity index (χ0) is 13.0. The van der Waals surface area contributed by atoms with Crippen LogP contribution in [-0.4, -0.2) is 29.2 Å². The van der Waals surface area contributed by atoms with Gasteiger partial charge in [0.1, 0.15) is 11.9 Å². The molecule has 0 bridgehead atoms. The van der Waals surface area contributed by atoms with E-state index >= 15 is 0 Å². The van der Waals surface area contributed by atoms with Crippen molar-refractivity contribution in [1.82, 2.24) is 4.98 Å². The van der Waals surface area contributed by atoms with Crippen LogP contribution in [0.5, 0.6) is 0 Å². The molecule has 0 saturated carbocycles. The summed E-state index contributed by atoms with van der Waals surface area (Å²) in [7, 11) is 0. The second kappa shape index (κ2) is 5.77. The molecule has 1 atom stereocenters. The van der Waals surface area contributed by atoms with E-state index in [4.69, 9.17) is 4.74 Å². The third kappa shape index (κ3) is 2.95. The fourth-order valence-electron chi connectivity index (χ4n) is 2.23. The molecule has 6 nitrogen and oxygen atoms in total. The van der Waals surface area contributed by atoms with Crippen LogP contribution in [-0.2, 0) is 4.74 Å². The number of rotatable bonds is 4. The van der Waals surface area contributed by atoms with Gasteiger partial charge >= 0.3 is 5.82 Å². The number of hydrogen-bond acceptors (Lipinski definition) is 5. The number of hydrogen-bond donors (Lipinski definition) is 1. The maximum atomic E-state index is 10.9. The Balaban J connectivity index is 2.06. The maximum absolute atomic E-state index is 10.9. The minimum absolute atomic E-state index is 0.114. The van der Waals surface area contributed by atoms with E-state index in [-0.39, 0.29) is 11.9 Å². The van der Waals surface area contributed by atoms with Gasteiger partial charge < -0.3 is 20.2 Å². The van der Waals surface area contributed by atoms with Crippen LogP contribution in [0.4, 0.5) is 11.5 Å². The van der Waals surface area contributed by atoms with Crippen LogP contribution in [0.15, 0.2) is 18.3 Å². The van der Waals surface area contributed by atoms with Crippen LogP contribution < -0.4 is 5.32 Å². The van der Waals surface area contributed by atoms with Crippen molar-refractivity contribution in [1.29, 1.82) is 0 Å². The molecule has 1 saturated heterocycles. The van der Waals surface area contributed by atoms with Gasteiger partial charge in [0, 0.05) is 19.3 Å². The van der Waals surface area contributed by atoms with Crippen LogP contribution >= 0.6 is 0 Å². The predicted molar refractivity (Wildman–Crippen MR) is 67.5 cm³/mol. The summed E-state index contributed by atoms with van der Waals surface area (Å²) in [5.41, 5.74) is 0.487. The second-order valence-corrected chi connectivity index (χ2v) is 4.51. The Kier molecular flexibility index (Phi) is 4.09. The van der Waals surface area contributed by atoms with Crippen LogP contribution in [0.1, 0.15) is 19.8 Å². The van der Waals surface area contributed by atoms with Crippen molar-refractivity contribution < 1.29 is 9.66 Å². The Labute approximate surface area is 106 Å². The van der Waals surface area contributed by atoms with Gasteiger partial charge in [0.25, 0.3) is 0 Å². The Morgan fingerprint density at radius 1 is 1.56 bits per heavy atom. The van der Waals surface area contributed by atoms with Gasteiger partial charge in [-0.2, -0.15) is 0 Å². The van der Waals surface area contributed by atoms with Gasteiger partial charge in [-0.3, -0.25) is 0 Å². The van der Waals surface area contributed by atoms with Gasteiger partial charge in [-0.1, -0.05) is 0 Å². The molecule has 0 spiro atoms. The molecule has 1 aliphatic rings. The maximum Gasteiger partial charge on any atom is 0.386 e. The molecule has 1 aromatic rings. The Bertz CT molecular complexity index is 419. The minimum Gasteiger partial charge on any atom is -0.381 e. The molecule has 1 fully saturated rings. The second-order valence-electron chi connectivity index (χ2n) is 4.51. The van der Waals surface area contributed by atoms with Crippen LogP contribution in [0.2, 0.25) is 0 Å². The summed E-state index contributed by atoms with van der Waals surface area (Å²) >= 11 is 0. The number of pyridine rings is 1. The smallest absolute Gasteiger partial charge is 0.381 e. The van der Waals surface area contributed by atoms with E-state index in [0.29, 0.717) is 11.6 Å². The molecule has 1 N–H and O–H groups in total. The summed E-state index contributed by atoms with van der Waals surface area (Å²) in [6.07, 6.45) is 3.41. The summed E-state index contributed by atoms with van der Waals surface area (Å²) in [5.74, 6) is 0.370. The van der Waals surface area contributed by atoms with Gasteiger partial charge in [-0.05, 0) is 47.7 Å². The highest BCUT2D eigenvalue weighted by Gasteiger charge is 2.23. The number of nitrogens with zero attached hydrogens (tertiary/aromatic N) is 2. The van der Waals surface area contributed by atoms with E-state index in [1.54, 1.807) is 12.1 Å². The third-order valence-electron chi connectivity index (χ3n) is 3.32. The fourth-order valence-corrected chi connectivity index (χ4v) is 2.23. The van der Waals surface area contributed by atoms with Crippen molar-refractivity contribution in [3.63, 3.8) is 0 Å². The van der Waals surface area contributed by atoms with Crippen molar-refractivity contribution in [2.45, 2.75) is 25.8 Å². The summed E-state index contributed by atoms with van der Waals surface area (Å²) in [6, 6.07) is 3.57. The van der Waals surface area contributed by atoms with Gasteiger partial charge in [0.15, 0.2) is 0 Å². The summed E-state index contributed by atoms with van der Waals surface area (Å²) in [4.78, 5) is 14.2. The molecular weight excluding hydrogens is 234 g/mol. The monoisotopic (exact) mass is 251 g/mol. The zero-order valence-corrected chi connectivity index (χ0v) is 10.3. The van der Waals surface area contributed by atoms with E-state index in [9.17, 15) is 10.1 Å². The van der Waals surface area contributed by atoms with Crippen LogP contribution in [0.3, 0.4) is 0 Å². The molecule has 1 unspecified atom stereocenters. The van der Waals surface area contributed by atoms with Crippen molar-refractivity contribution in [2.75, 3.05) is 18.5 Å². The number of nitrogens with one attached hydrogen (secondary N) is 1. The van der Waals surface area contributed by atoms with Gasteiger partial charge in [-0.15, -0.1) is 0 Å².